The molecular formula is C20H25NO4S. The Balaban J connectivity index is 1.85. The molecule has 2 aromatic rings. The summed E-state index contributed by atoms with van der Waals surface area (Å²) in [5, 5.41) is 2.72. The lowest BCUT2D eigenvalue weighted by molar-refractivity contribution is 0.0946. The largest absolute Gasteiger partial charge is 0.492 e. The summed E-state index contributed by atoms with van der Waals surface area (Å²) < 4.78 is 28.7. The summed E-state index contributed by atoms with van der Waals surface area (Å²) in [5.74, 6) is 0.411. The molecule has 0 aromatic heterocycles. The predicted octanol–water partition coefficient (Wildman–Crippen LogP) is 3.20. The molecule has 0 atom stereocenters. The first kappa shape index (κ1) is 20.0. The van der Waals surface area contributed by atoms with E-state index in [1.165, 1.54) is 17.7 Å². The van der Waals surface area contributed by atoms with Crippen molar-refractivity contribution in [1.82, 2.24) is 5.32 Å². The highest BCUT2D eigenvalue weighted by Crippen LogP contribution is 2.24. The second kappa shape index (κ2) is 7.91. The average molecular weight is 375 g/mol. The van der Waals surface area contributed by atoms with E-state index in [2.05, 4.69) is 26.1 Å². The fourth-order valence-corrected chi connectivity index (χ4v) is 3.02. The van der Waals surface area contributed by atoms with Crippen molar-refractivity contribution in [3.8, 4) is 5.75 Å². The smallest absolute Gasteiger partial charge is 0.251 e. The molecule has 2 aromatic carbocycles. The van der Waals surface area contributed by atoms with Gasteiger partial charge in [-0.2, -0.15) is 0 Å². The third-order valence-electron chi connectivity index (χ3n) is 3.90. The Labute approximate surface area is 155 Å². The van der Waals surface area contributed by atoms with Crippen molar-refractivity contribution in [1.29, 1.82) is 0 Å². The molecule has 2 rings (SSSR count). The average Bonchev–Trinajstić information content (AvgIpc) is 2.57. The Morgan fingerprint density at radius 2 is 1.73 bits per heavy atom. The van der Waals surface area contributed by atoms with Gasteiger partial charge in [-0.1, -0.05) is 39.0 Å². The lowest BCUT2D eigenvalue weighted by atomic mass is 9.87. The predicted molar refractivity (Wildman–Crippen MR) is 103 cm³/mol. The molecule has 6 heteroatoms. The molecule has 26 heavy (non-hydrogen) atoms. The van der Waals surface area contributed by atoms with Crippen LogP contribution in [0.5, 0.6) is 5.75 Å². The van der Waals surface area contributed by atoms with Crippen LogP contribution >= 0.6 is 0 Å². The molecule has 0 aliphatic rings. The van der Waals surface area contributed by atoms with Crippen LogP contribution in [0.3, 0.4) is 0 Å². The number of sulfone groups is 1. The zero-order valence-electron chi connectivity index (χ0n) is 15.6. The van der Waals surface area contributed by atoms with Crippen LogP contribution < -0.4 is 10.1 Å². The summed E-state index contributed by atoms with van der Waals surface area (Å²) in [7, 11) is -3.34. The number of rotatable bonds is 6. The maximum absolute atomic E-state index is 12.1. The van der Waals surface area contributed by atoms with Gasteiger partial charge in [0.05, 0.1) is 11.4 Å². The molecule has 0 radical (unpaired) electrons. The van der Waals surface area contributed by atoms with E-state index in [-0.39, 0.29) is 16.2 Å². The Bertz CT molecular complexity index is 865. The fraction of sp³-hybridized carbons (Fsp3) is 0.350. The van der Waals surface area contributed by atoms with E-state index >= 15 is 0 Å². The van der Waals surface area contributed by atoms with Crippen molar-refractivity contribution in [3.63, 3.8) is 0 Å². The van der Waals surface area contributed by atoms with E-state index in [1.807, 2.05) is 24.3 Å². The van der Waals surface area contributed by atoms with E-state index in [0.29, 0.717) is 18.7 Å². The Hall–Kier alpha value is -2.34. The van der Waals surface area contributed by atoms with Crippen molar-refractivity contribution in [2.45, 2.75) is 31.1 Å². The number of hydrogen-bond donors (Lipinski definition) is 1. The van der Waals surface area contributed by atoms with Gasteiger partial charge in [-0.05, 0) is 41.3 Å². The maximum atomic E-state index is 12.1. The summed E-state index contributed by atoms with van der Waals surface area (Å²) in [6.45, 7) is 7.10. The fourth-order valence-electron chi connectivity index (χ4n) is 2.35. The van der Waals surface area contributed by atoms with Crippen molar-refractivity contribution in [2.75, 3.05) is 19.4 Å². The SMILES string of the molecule is CC(C)(C)c1ccc(OCCNC(=O)c2cccc(S(C)(=O)=O)c2)cc1. The van der Waals surface area contributed by atoms with E-state index in [9.17, 15) is 13.2 Å². The molecule has 1 amide bonds. The summed E-state index contributed by atoms with van der Waals surface area (Å²) >= 11 is 0. The van der Waals surface area contributed by atoms with Gasteiger partial charge in [0, 0.05) is 11.8 Å². The molecule has 0 aliphatic carbocycles. The molecule has 0 aliphatic heterocycles. The minimum Gasteiger partial charge on any atom is -0.492 e. The van der Waals surface area contributed by atoms with Gasteiger partial charge >= 0.3 is 0 Å². The molecule has 0 bridgehead atoms. The van der Waals surface area contributed by atoms with Crippen LogP contribution in [0.1, 0.15) is 36.7 Å². The lowest BCUT2D eigenvalue weighted by Crippen LogP contribution is -2.28. The quantitative estimate of drug-likeness (QED) is 0.787. The first-order valence-corrected chi connectivity index (χ1v) is 10.3. The van der Waals surface area contributed by atoms with Gasteiger partial charge in [0.15, 0.2) is 9.84 Å². The Morgan fingerprint density at radius 1 is 1.08 bits per heavy atom. The first-order chi connectivity index (χ1) is 12.1. The number of hydrogen-bond acceptors (Lipinski definition) is 4. The van der Waals surface area contributed by atoms with Crippen LogP contribution in [-0.4, -0.2) is 33.7 Å². The molecular weight excluding hydrogens is 350 g/mol. The molecule has 0 heterocycles. The van der Waals surface area contributed by atoms with E-state index in [4.69, 9.17) is 4.74 Å². The summed E-state index contributed by atoms with van der Waals surface area (Å²) in [5.41, 5.74) is 1.62. The normalized spacial score (nSPS) is 11.8. The molecule has 1 N–H and O–H groups in total. The number of carbonyl (C=O) groups excluding carboxylic acids is 1. The van der Waals surface area contributed by atoms with Crippen LogP contribution in [0.4, 0.5) is 0 Å². The molecule has 140 valence electrons. The Kier molecular flexibility index (Phi) is 6.08. The van der Waals surface area contributed by atoms with Crippen LogP contribution in [0, 0.1) is 0 Å². The topological polar surface area (TPSA) is 72.5 Å². The van der Waals surface area contributed by atoms with E-state index < -0.39 is 9.84 Å². The zero-order valence-corrected chi connectivity index (χ0v) is 16.4. The molecule has 0 fully saturated rings. The molecule has 5 nitrogen and oxygen atoms in total. The first-order valence-electron chi connectivity index (χ1n) is 8.39. The van der Waals surface area contributed by atoms with E-state index in [0.717, 1.165) is 12.0 Å². The standard InChI is InChI=1S/C20H25NO4S/c1-20(2,3)16-8-10-17(11-9-16)25-13-12-21-19(22)15-6-5-7-18(14-15)26(4,23)24/h5-11,14H,12-13H2,1-4H3,(H,21,22). The number of ether oxygens (including phenoxy) is 1. The van der Waals surface area contributed by atoms with Gasteiger partial charge < -0.3 is 10.1 Å². The Morgan fingerprint density at radius 3 is 2.31 bits per heavy atom. The molecule has 0 saturated carbocycles. The van der Waals surface area contributed by atoms with Crippen LogP contribution in [0.2, 0.25) is 0 Å². The lowest BCUT2D eigenvalue weighted by Gasteiger charge is -2.19. The summed E-state index contributed by atoms with van der Waals surface area (Å²) in [6, 6.07) is 13.9. The third-order valence-corrected chi connectivity index (χ3v) is 5.01. The number of amides is 1. The molecule has 0 spiro atoms. The van der Waals surface area contributed by atoms with Crippen LogP contribution in [0.15, 0.2) is 53.4 Å². The third kappa shape index (κ3) is 5.59. The monoisotopic (exact) mass is 375 g/mol. The maximum Gasteiger partial charge on any atom is 0.251 e. The van der Waals surface area contributed by atoms with Gasteiger partial charge in [-0.25, -0.2) is 8.42 Å². The van der Waals surface area contributed by atoms with Gasteiger partial charge in [0.1, 0.15) is 12.4 Å². The second-order valence-electron chi connectivity index (χ2n) is 7.18. The van der Waals surface area contributed by atoms with Crippen LogP contribution in [0.25, 0.3) is 0 Å². The van der Waals surface area contributed by atoms with Crippen LogP contribution in [-0.2, 0) is 15.3 Å². The van der Waals surface area contributed by atoms with Gasteiger partial charge in [0.25, 0.3) is 5.91 Å². The van der Waals surface area contributed by atoms with Gasteiger partial charge in [-0.15, -0.1) is 0 Å². The molecule has 0 unspecified atom stereocenters. The highest BCUT2D eigenvalue weighted by atomic mass is 32.2. The number of nitrogens with one attached hydrogen (secondary N) is 1. The minimum atomic E-state index is -3.34. The highest BCUT2D eigenvalue weighted by molar-refractivity contribution is 7.90. The number of benzene rings is 2. The highest BCUT2D eigenvalue weighted by Gasteiger charge is 2.13. The van der Waals surface area contributed by atoms with Crippen molar-refractivity contribution in [3.05, 3.63) is 59.7 Å². The van der Waals surface area contributed by atoms with Crippen molar-refractivity contribution >= 4 is 15.7 Å². The van der Waals surface area contributed by atoms with E-state index in [1.54, 1.807) is 12.1 Å². The van der Waals surface area contributed by atoms with Gasteiger partial charge in [-0.3, -0.25) is 4.79 Å². The minimum absolute atomic E-state index is 0.0903. The number of carbonyl (C=O) groups is 1. The molecule has 0 saturated heterocycles. The summed E-state index contributed by atoms with van der Waals surface area (Å²) in [4.78, 5) is 12.3. The van der Waals surface area contributed by atoms with Gasteiger partial charge in [0.2, 0.25) is 0 Å². The second-order valence-corrected chi connectivity index (χ2v) is 9.19. The van der Waals surface area contributed by atoms with Crippen molar-refractivity contribution in [2.24, 2.45) is 0 Å². The zero-order chi connectivity index (χ0) is 19.4. The van der Waals surface area contributed by atoms with Crippen molar-refractivity contribution < 1.29 is 17.9 Å². The summed E-state index contributed by atoms with van der Waals surface area (Å²) in [6.07, 6.45) is 1.11.